The van der Waals surface area contributed by atoms with Crippen molar-refractivity contribution < 1.29 is 41.3 Å². The van der Waals surface area contributed by atoms with Crippen molar-refractivity contribution in [2.45, 2.75) is 6.18 Å². The third-order valence-electron chi connectivity index (χ3n) is 4.84. The topological polar surface area (TPSA) is 114 Å². The summed E-state index contributed by atoms with van der Waals surface area (Å²) in [6.45, 7) is 0. The maximum absolute atomic E-state index is 13.1. The van der Waals surface area contributed by atoms with Gasteiger partial charge in [-0.2, -0.15) is 0 Å². The molecule has 0 aliphatic rings. The van der Waals surface area contributed by atoms with Gasteiger partial charge in [0.2, 0.25) is 0 Å². The number of amides is 3. The molecule has 0 saturated heterocycles. The standard InChI is InChI=1S/C21H14ClF3N6O2.Ru/c22-14-4-2-1-3-12(14)13-9-28-19-15(17(26)32)18(29-20(27)33)30-31(19)16(13)10-5-7-11(8-6-10)21(23,24)25;/h1-9H,(H5,26,27,29,30,32,33);/q;+1/p-1. The average molecular weight is 575 g/mol. The van der Waals surface area contributed by atoms with Gasteiger partial charge in [0.05, 0.1) is 0 Å². The van der Waals surface area contributed by atoms with Gasteiger partial charge in [-0.1, -0.05) is 0 Å². The molecule has 175 valence electrons. The van der Waals surface area contributed by atoms with Gasteiger partial charge >= 0.3 is 205 Å². The molecule has 2 heterocycles. The minimum atomic E-state index is -4.52. The van der Waals surface area contributed by atoms with E-state index in [1.807, 2.05) is 18.5 Å². The van der Waals surface area contributed by atoms with Crippen LogP contribution < -0.4 is 15.1 Å². The van der Waals surface area contributed by atoms with Crippen LogP contribution in [0.3, 0.4) is 0 Å². The number of urea groups is 1. The molecule has 0 aliphatic carbocycles. The van der Waals surface area contributed by atoms with Crippen LogP contribution >= 0.6 is 11.6 Å². The molecule has 13 heteroatoms. The van der Waals surface area contributed by atoms with Crippen molar-refractivity contribution in [3.8, 4) is 22.4 Å². The maximum atomic E-state index is 13.1. The van der Waals surface area contributed by atoms with Crippen LogP contribution in [0.1, 0.15) is 15.9 Å². The number of nitrogens with one attached hydrogen (secondary N) is 2. The van der Waals surface area contributed by atoms with Crippen LogP contribution in [0.2, 0.25) is 5.02 Å². The van der Waals surface area contributed by atoms with Crippen molar-refractivity contribution in [2.24, 2.45) is 5.73 Å². The Labute approximate surface area is 205 Å². The van der Waals surface area contributed by atoms with Crippen LogP contribution in [-0.2, 0) is 24.7 Å². The monoisotopic (exact) mass is 575 g/mol. The van der Waals surface area contributed by atoms with E-state index >= 15 is 0 Å². The molecule has 0 radical (unpaired) electrons. The molecule has 4 N–H and O–H groups in total. The van der Waals surface area contributed by atoms with E-state index in [0.29, 0.717) is 27.4 Å². The van der Waals surface area contributed by atoms with Crippen molar-refractivity contribution in [1.29, 1.82) is 0 Å². The fourth-order valence-electron chi connectivity index (χ4n) is 3.41. The van der Waals surface area contributed by atoms with E-state index in [1.165, 1.54) is 22.8 Å². The van der Waals surface area contributed by atoms with E-state index in [4.69, 9.17) is 17.3 Å². The molecule has 0 atom stereocenters. The molecule has 2 aromatic carbocycles. The first kappa shape index (κ1) is 23.7. The Morgan fingerprint density at radius 3 is 2.32 bits per heavy atom. The Bertz CT molecular complexity index is 1420. The Morgan fingerprint density at radius 1 is 1.06 bits per heavy atom. The van der Waals surface area contributed by atoms with Gasteiger partial charge < -0.3 is 0 Å². The first-order valence-electron chi connectivity index (χ1n) is 9.42. The Kier molecular flexibility index (Phi) is 6.29. The Hall–Kier alpha value is -3.50. The molecule has 2 aromatic heterocycles. The van der Waals surface area contributed by atoms with Crippen molar-refractivity contribution >= 4 is 35.0 Å². The zero-order valence-corrected chi connectivity index (χ0v) is 19.3. The first-order chi connectivity index (χ1) is 16.1. The van der Waals surface area contributed by atoms with E-state index in [2.05, 4.69) is 19.5 Å². The first-order valence-corrected chi connectivity index (χ1v) is 10.7. The van der Waals surface area contributed by atoms with Crippen LogP contribution in [-0.4, -0.2) is 26.5 Å². The van der Waals surface area contributed by atoms with E-state index in [9.17, 15) is 22.8 Å². The predicted octanol–water partition coefficient (Wildman–Crippen LogP) is 4.42. The zero-order chi connectivity index (χ0) is 24.6. The van der Waals surface area contributed by atoms with Crippen LogP contribution in [0, 0.1) is 0 Å². The normalized spacial score (nSPS) is 11.4. The zero-order valence-electron chi connectivity index (χ0n) is 16.8. The molecule has 3 amide bonds. The number of anilines is 1. The number of alkyl halides is 3. The van der Waals surface area contributed by atoms with E-state index in [-0.39, 0.29) is 17.0 Å². The summed E-state index contributed by atoms with van der Waals surface area (Å²) in [7, 11) is 0. The van der Waals surface area contributed by atoms with Gasteiger partial charge in [-0.15, -0.1) is 0 Å². The summed E-state index contributed by atoms with van der Waals surface area (Å²) >= 11 is 8.31. The molecular formula is C21H13ClF3N6O2Ru. The van der Waals surface area contributed by atoms with E-state index in [0.717, 1.165) is 12.1 Å². The summed E-state index contributed by atoms with van der Waals surface area (Å²) in [5.41, 5.74) is 5.94. The molecule has 8 nitrogen and oxygen atoms in total. The summed E-state index contributed by atoms with van der Waals surface area (Å²) in [6.07, 6.45) is -3.09. The summed E-state index contributed by atoms with van der Waals surface area (Å²) in [5.74, 6) is -0.807. The number of fused-ring (bicyclic) bond motifs is 1. The number of halogens is 4. The van der Waals surface area contributed by atoms with Gasteiger partial charge in [0.25, 0.3) is 0 Å². The second-order valence-corrected chi connectivity index (χ2v) is 7.78. The average Bonchev–Trinajstić information content (AvgIpc) is 3.15. The van der Waals surface area contributed by atoms with Crippen LogP contribution in [0.4, 0.5) is 23.8 Å². The molecule has 0 aliphatic heterocycles. The summed E-state index contributed by atoms with van der Waals surface area (Å²) < 4.78 is 43.0. The molecule has 0 spiro atoms. The molecule has 0 saturated carbocycles. The number of nitrogens with two attached hydrogens (primary N) is 1. The number of primary amides is 1. The second kappa shape index (κ2) is 9.04. The molecule has 34 heavy (non-hydrogen) atoms. The summed E-state index contributed by atoms with van der Waals surface area (Å²) in [5, 5.41) is 6.94. The van der Waals surface area contributed by atoms with Gasteiger partial charge in [-0.3, -0.25) is 0 Å². The molecule has 0 unspecified atom stereocenters. The molecule has 0 bridgehead atoms. The number of carbonyl (C=O) groups excluding carboxylic acids is 2. The van der Waals surface area contributed by atoms with Gasteiger partial charge in [-0.05, 0) is 0 Å². The third-order valence-corrected chi connectivity index (χ3v) is 5.57. The minimum absolute atomic E-state index is 0.0386. The Morgan fingerprint density at radius 2 is 1.74 bits per heavy atom. The van der Waals surface area contributed by atoms with Crippen molar-refractivity contribution in [3.63, 3.8) is 0 Å². The third kappa shape index (κ3) is 4.34. The SMILES string of the molecule is NC(=O)Nc1nn2c(-c3ccc(C(F)(F)F)cc3)c(-c3ccccc3Cl)cnc2c1C(=O)[NH][Ru]. The number of hydrogen-bond donors (Lipinski definition) is 3. The van der Waals surface area contributed by atoms with Crippen molar-refractivity contribution in [3.05, 3.63) is 70.9 Å². The van der Waals surface area contributed by atoms with Gasteiger partial charge in [-0.25, -0.2) is 0 Å². The van der Waals surface area contributed by atoms with Crippen LogP contribution in [0.15, 0.2) is 54.7 Å². The number of benzene rings is 2. The summed E-state index contributed by atoms with van der Waals surface area (Å²) in [6, 6.07) is 10.3. The van der Waals surface area contributed by atoms with Gasteiger partial charge in [0.15, 0.2) is 0 Å². The fourth-order valence-corrected chi connectivity index (χ4v) is 3.87. The number of hydrogen-bond acceptors (Lipinski definition) is 4. The van der Waals surface area contributed by atoms with Gasteiger partial charge in [0.1, 0.15) is 0 Å². The number of nitrogens with zero attached hydrogens (tertiary/aromatic N) is 3. The fraction of sp³-hybridized carbons (Fsp3) is 0.0476. The molecule has 4 aromatic rings. The van der Waals surface area contributed by atoms with Crippen molar-refractivity contribution in [1.82, 2.24) is 18.7 Å². The molecule has 4 rings (SSSR count). The Balaban J connectivity index is 2.08. The summed E-state index contributed by atoms with van der Waals surface area (Å²) in [4.78, 5) is 28.4. The molecular weight excluding hydrogens is 562 g/mol. The number of rotatable bonds is 4. The van der Waals surface area contributed by atoms with Crippen LogP contribution in [0.5, 0.6) is 0 Å². The number of carbonyl (C=O) groups is 2. The quantitative estimate of drug-likeness (QED) is 0.313. The number of aromatic nitrogens is 3. The predicted molar refractivity (Wildman–Crippen MR) is 115 cm³/mol. The van der Waals surface area contributed by atoms with Gasteiger partial charge in [0, 0.05) is 0 Å². The van der Waals surface area contributed by atoms with E-state index < -0.39 is 23.7 Å². The second-order valence-electron chi connectivity index (χ2n) is 6.94. The van der Waals surface area contributed by atoms with Crippen molar-refractivity contribution in [2.75, 3.05) is 5.32 Å². The van der Waals surface area contributed by atoms with E-state index in [1.54, 1.807) is 24.3 Å². The van der Waals surface area contributed by atoms with Crippen LogP contribution in [0.25, 0.3) is 28.0 Å². The molecule has 0 fully saturated rings.